The molecule has 1 aliphatic heterocycles. The Morgan fingerprint density at radius 2 is 2.36 bits per heavy atom. The number of thioether (sulfide) groups is 1. The molecule has 3 heteroatoms. The minimum absolute atomic E-state index is 0.123. The van der Waals surface area contributed by atoms with Gasteiger partial charge in [-0.2, -0.15) is 11.8 Å². The van der Waals surface area contributed by atoms with E-state index in [0.717, 1.165) is 18.1 Å². The summed E-state index contributed by atoms with van der Waals surface area (Å²) in [6.45, 7) is 4.24. The highest BCUT2D eigenvalue weighted by atomic mass is 32.2. The highest BCUT2D eigenvalue weighted by molar-refractivity contribution is 7.99. The van der Waals surface area contributed by atoms with Crippen molar-refractivity contribution in [3.8, 4) is 0 Å². The van der Waals surface area contributed by atoms with Crippen molar-refractivity contribution >= 4 is 11.8 Å². The topological polar surface area (TPSA) is 32.3 Å². The predicted octanol–water partition coefficient (Wildman–Crippen LogP) is 0.710. The van der Waals surface area contributed by atoms with E-state index in [1.54, 1.807) is 0 Å². The van der Waals surface area contributed by atoms with Crippen LogP contribution in [0.3, 0.4) is 0 Å². The molecule has 0 amide bonds. The van der Waals surface area contributed by atoms with E-state index in [0.29, 0.717) is 0 Å². The van der Waals surface area contributed by atoms with Crippen LogP contribution in [0.1, 0.15) is 13.3 Å². The van der Waals surface area contributed by atoms with Gasteiger partial charge in [0.1, 0.15) is 0 Å². The van der Waals surface area contributed by atoms with E-state index in [-0.39, 0.29) is 6.10 Å². The van der Waals surface area contributed by atoms with Crippen LogP contribution in [-0.2, 0) is 0 Å². The summed E-state index contributed by atoms with van der Waals surface area (Å²) >= 11 is 1.97. The second-order valence-electron chi connectivity index (χ2n) is 3.24. The molecule has 1 aliphatic rings. The zero-order chi connectivity index (χ0) is 8.10. The van der Waals surface area contributed by atoms with E-state index in [2.05, 4.69) is 5.32 Å². The van der Waals surface area contributed by atoms with E-state index in [4.69, 9.17) is 5.11 Å². The first kappa shape index (κ1) is 9.36. The van der Waals surface area contributed by atoms with Gasteiger partial charge in [0.25, 0.3) is 0 Å². The maximum absolute atomic E-state index is 8.96. The summed E-state index contributed by atoms with van der Waals surface area (Å²) in [6, 6.07) is 0. The van der Waals surface area contributed by atoms with Crippen LogP contribution in [0.5, 0.6) is 0 Å². The van der Waals surface area contributed by atoms with Crippen molar-refractivity contribution in [2.24, 2.45) is 5.92 Å². The summed E-state index contributed by atoms with van der Waals surface area (Å²) in [4.78, 5) is 0. The summed E-state index contributed by atoms with van der Waals surface area (Å²) < 4.78 is 0. The Morgan fingerprint density at radius 3 is 2.82 bits per heavy atom. The van der Waals surface area contributed by atoms with Crippen LogP contribution in [-0.4, -0.2) is 35.8 Å². The zero-order valence-electron chi connectivity index (χ0n) is 7.05. The largest absolute Gasteiger partial charge is 0.393 e. The first-order valence-corrected chi connectivity index (χ1v) is 5.41. The lowest BCUT2D eigenvalue weighted by atomic mass is 10.1. The molecule has 1 saturated heterocycles. The number of rotatable bonds is 5. The smallest absolute Gasteiger partial charge is 0.0520 e. The maximum Gasteiger partial charge on any atom is 0.0520 e. The van der Waals surface area contributed by atoms with Crippen molar-refractivity contribution < 1.29 is 5.11 Å². The molecule has 0 radical (unpaired) electrons. The van der Waals surface area contributed by atoms with E-state index in [9.17, 15) is 0 Å². The van der Waals surface area contributed by atoms with Gasteiger partial charge in [0.2, 0.25) is 0 Å². The Labute approximate surface area is 72.8 Å². The average Bonchev–Trinajstić information content (AvgIpc) is 1.82. The van der Waals surface area contributed by atoms with Gasteiger partial charge in [-0.1, -0.05) is 0 Å². The van der Waals surface area contributed by atoms with Crippen molar-refractivity contribution in [1.82, 2.24) is 5.32 Å². The molecule has 1 fully saturated rings. The Bertz CT molecular complexity index is 104. The fourth-order valence-electron chi connectivity index (χ4n) is 0.970. The van der Waals surface area contributed by atoms with Crippen LogP contribution in [0.2, 0.25) is 0 Å². The van der Waals surface area contributed by atoms with Crippen molar-refractivity contribution in [2.45, 2.75) is 19.4 Å². The average molecular weight is 175 g/mol. The van der Waals surface area contributed by atoms with Crippen molar-refractivity contribution in [3.63, 3.8) is 0 Å². The molecular formula is C8H17NOS. The number of hydrogen-bond acceptors (Lipinski definition) is 3. The van der Waals surface area contributed by atoms with Gasteiger partial charge < -0.3 is 10.4 Å². The summed E-state index contributed by atoms with van der Waals surface area (Å²) in [6.07, 6.45) is 0.812. The van der Waals surface area contributed by atoms with Crippen LogP contribution in [0.25, 0.3) is 0 Å². The molecule has 1 heterocycles. The summed E-state index contributed by atoms with van der Waals surface area (Å²) in [7, 11) is 0. The van der Waals surface area contributed by atoms with Crippen LogP contribution >= 0.6 is 11.8 Å². The van der Waals surface area contributed by atoms with Gasteiger partial charge in [-0.05, 0) is 43.9 Å². The van der Waals surface area contributed by atoms with E-state index in [1.165, 1.54) is 18.8 Å². The van der Waals surface area contributed by atoms with Gasteiger partial charge in [-0.15, -0.1) is 0 Å². The standard InChI is InChI=1S/C8H17NOS/c1-7(10)2-3-11-6-8-4-9-5-8/h7-10H,2-6H2,1H3. The molecule has 1 unspecified atom stereocenters. The molecule has 0 spiro atoms. The molecule has 2 nitrogen and oxygen atoms in total. The third-order valence-electron chi connectivity index (χ3n) is 1.90. The Morgan fingerprint density at radius 1 is 1.64 bits per heavy atom. The lowest BCUT2D eigenvalue weighted by Gasteiger charge is -2.26. The number of aliphatic hydroxyl groups excluding tert-OH is 1. The third kappa shape index (κ3) is 3.99. The summed E-state index contributed by atoms with van der Waals surface area (Å²) in [5.41, 5.74) is 0. The SMILES string of the molecule is CC(O)CCSCC1CNC1. The lowest BCUT2D eigenvalue weighted by molar-refractivity contribution is 0.192. The Balaban J connectivity index is 1.80. The molecule has 0 saturated carbocycles. The summed E-state index contributed by atoms with van der Waals surface area (Å²) in [5.74, 6) is 3.27. The number of nitrogens with one attached hydrogen (secondary N) is 1. The van der Waals surface area contributed by atoms with E-state index in [1.807, 2.05) is 18.7 Å². The molecule has 66 valence electrons. The van der Waals surface area contributed by atoms with Crippen LogP contribution in [0, 0.1) is 5.92 Å². The third-order valence-corrected chi connectivity index (χ3v) is 3.13. The highest BCUT2D eigenvalue weighted by Gasteiger charge is 2.15. The first-order valence-electron chi connectivity index (χ1n) is 4.25. The van der Waals surface area contributed by atoms with Gasteiger partial charge in [-0.25, -0.2) is 0 Å². The Kier molecular flexibility index (Phi) is 4.26. The second-order valence-corrected chi connectivity index (χ2v) is 4.39. The summed E-state index contributed by atoms with van der Waals surface area (Å²) in [5, 5.41) is 12.2. The molecule has 0 aromatic carbocycles. The zero-order valence-corrected chi connectivity index (χ0v) is 7.86. The normalized spacial score (nSPS) is 21.3. The molecule has 1 rings (SSSR count). The molecule has 2 N–H and O–H groups in total. The quantitative estimate of drug-likeness (QED) is 0.604. The molecule has 1 atom stereocenters. The van der Waals surface area contributed by atoms with Gasteiger partial charge >= 0.3 is 0 Å². The van der Waals surface area contributed by atoms with Gasteiger partial charge in [0.15, 0.2) is 0 Å². The molecule has 11 heavy (non-hydrogen) atoms. The molecule has 0 aromatic rings. The van der Waals surface area contributed by atoms with Crippen molar-refractivity contribution in [2.75, 3.05) is 24.6 Å². The van der Waals surface area contributed by atoms with E-state index >= 15 is 0 Å². The van der Waals surface area contributed by atoms with Gasteiger partial charge in [0.05, 0.1) is 6.10 Å². The van der Waals surface area contributed by atoms with E-state index < -0.39 is 0 Å². The molecule has 0 aliphatic carbocycles. The molecular weight excluding hydrogens is 158 g/mol. The predicted molar refractivity (Wildman–Crippen MR) is 50.0 cm³/mol. The van der Waals surface area contributed by atoms with Crippen LogP contribution in [0.4, 0.5) is 0 Å². The number of hydrogen-bond donors (Lipinski definition) is 2. The Hall–Kier alpha value is 0.270. The first-order chi connectivity index (χ1) is 5.29. The maximum atomic E-state index is 8.96. The lowest BCUT2D eigenvalue weighted by Crippen LogP contribution is -2.43. The van der Waals surface area contributed by atoms with Crippen LogP contribution in [0.15, 0.2) is 0 Å². The fraction of sp³-hybridized carbons (Fsp3) is 1.00. The van der Waals surface area contributed by atoms with Crippen molar-refractivity contribution in [1.29, 1.82) is 0 Å². The molecule has 0 bridgehead atoms. The van der Waals surface area contributed by atoms with Crippen molar-refractivity contribution in [3.05, 3.63) is 0 Å². The minimum atomic E-state index is -0.123. The monoisotopic (exact) mass is 175 g/mol. The van der Waals surface area contributed by atoms with Gasteiger partial charge in [0, 0.05) is 0 Å². The fourth-order valence-corrected chi connectivity index (χ4v) is 2.21. The number of aliphatic hydroxyl groups is 1. The second kappa shape index (κ2) is 5.01. The van der Waals surface area contributed by atoms with Gasteiger partial charge in [-0.3, -0.25) is 0 Å². The highest BCUT2D eigenvalue weighted by Crippen LogP contribution is 2.13. The minimum Gasteiger partial charge on any atom is -0.393 e. The van der Waals surface area contributed by atoms with Crippen LogP contribution < -0.4 is 5.32 Å². The molecule has 0 aromatic heterocycles.